The van der Waals surface area contributed by atoms with Crippen LogP contribution in [0.5, 0.6) is 0 Å². The summed E-state index contributed by atoms with van der Waals surface area (Å²) in [5, 5.41) is 0. The molecule has 0 nitrogen and oxygen atoms in total. The van der Waals surface area contributed by atoms with Crippen LogP contribution < -0.4 is 0 Å². The predicted octanol–water partition coefficient (Wildman–Crippen LogP) is 4.87. The summed E-state index contributed by atoms with van der Waals surface area (Å²) in [6.45, 7) is 0. The van der Waals surface area contributed by atoms with Crippen molar-refractivity contribution in [2.24, 2.45) is 5.92 Å². The number of rotatable bonds is 0. The average Bonchev–Trinajstić information content (AvgIpc) is 1.94. The third kappa shape index (κ3) is 3.99. The van der Waals surface area contributed by atoms with Crippen molar-refractivity contribution in [2.75, 3.05) is 0 Å². The summed E-state index contributed by atoms with van der Waals surface area (Å²) >= 11 is 21.2. The second-order valence-corrected chi connectivity index (χ2v) is 6.73. The van der Waals surface area contributed by atoms with Gasteiger partial charge in [0, 0.05) is 10.7 Å². The van der Waals surface area contributed by atoms with Crippen LogP contribution in [0.4, 0.5) is 0 Å². The monoisotopic (exact) mass is 304 g/mol. The first-order chi connectivity index (χ1) is 6.02. The molecule has 0 aromatic carbocycles. The molecule has 0 fully saturated rings. The normalized spacial score (nSPS) is 33.5. The Labute approximate surface area is 103 Å². The molecule has 1 rings (SSSR count). The molecular formula is C9H12BrCl3. The van der Waals surface area contributed by atoms with E-state index in [1.54, 1.807) is 0 Å². The first-order valence-corrected chi connectivity index (χ1v) is 6.44. The summed E-state index contributed by atoms with van der Waals surface area (Å²) in [7, 11) is 0. The number of hydrogen-bond donors (Lipinski definition) is 0. The van der Waals surface area contributed by atoms with Crippen molar-refractivity contribution >= 4 is 50.7 Å². The molecule has 76 valence electrons. The highest BCUT2D eigenvalue weighted by atomic mass is 79.9. The van der Waals surface area contributed by atoms with Crippen LogP contribution in [0.1, 0.15) is 25.7 Å². The van der Waals surface area contributed by atoms with Crippen LogP contribution in [0, 0.1) is 5.92 Å². The van der Waals surface area contributed by atoms with Crippen molar-refractivity contribution in [1.82, 2.24) is 0 Å². The first-order valence-electron chi connectivity index (χ1n) is 4.39. The smallest absolute Gasteiger partial charge is 0.0874 e. The Morgan fingerprint density at radius 2 is 1.92 bits per heavy atom. The fraction of sp³-hybridized carbons (Fsp3) is 0.778. The molecule has 1 aliphatic rings. The summed E-state index contributed by atoms with van der Waals surface area (Å²) in [5.74, 6) is 0.0778. The van der Waals surface area contributed by atoms with Crippen LogP contribution in [-0.2, 0) is 0 Å². The van der Waals surface area contributed by atoms with E-state index < -0.39 is 3.79 Å². The van der Waals surface area contributed by atoms with E-state index in [9.17, 15) is 0 Å². The van der Waals surface area contributed by atoms with Crippen molar-refractivity contribution < 1.29 is 0 Å². The number of hydrogen-bond acceptors (Lipinski definition) is 0. The van der Waals surface area contributed by atoms with Gasteiger partial charge in [-0.2, -0.15) is 0 Å². The van der Waals surface area contributed by atoms with Crippen LogP contribution in [0.25, 0.3) is 0 Å². The molecule has 0 saturated heterocycles. The van der Waals surface area contributed by atoms with Crippen molar-refractivity contribution in [3.05, 3.63) is 12.2 Å². The molecule has 0 amide bonds. The molecule has 0 aromatic heterocycles. The van der Waals surface area contributed by atoms with Gasteiger partial charge < -0.3 is 0 Å². The van der Waals surface area contributed by atoms with E-state index >= 15 is 0 Å². The summed E-state index contributed by atoms with van der Waals surface area (Å²) in [6, 6.07) is 0. The second-order valence-electron chi connectivity index (χ2n) is 3.31. The number of allylic oxidation sites excluding steroid dienone is 2. The van der Waals surface area contributed by atoms with Gasteiger partial charge in [0.1, 0.15) is 0 Å². The zero-order valence-electron chi connectivity index (χ0n) is 7.15. The van der Waals surface area contributed by atoms with E-state index in [1.165, 1.54) is 6.42 Å². The van der Waals surface area contributed by atoms with E-state index in [2.05, 4.69) is 28.1 Å². The lowest BCUT2D eigenvalue weighted by molar-refractivity contribution is 0.477. The Morgan fingerprint density at radius 1 is 1.23 bits per heavy atom. The maximum absolute atomic E-state index is 5.90. The molecule has 0 N–H and O–H groups in total. The highest BCUT2D eigenvalue weighted by molar-refractivity contribution is 9.09. The van der Waals surface area contributed by atoms with Crippen LogP contribution >= 0.6 is 50.7 Å². The zero-order chi connectivity index (χ0) is 9.90. The van der Waals surface area contributed by atoms with Gasteiger partial charge in [-0.3, -0.25) is 0 Å². The van der Waals surface area contributed by atoms with Crippen molar-refractivity contribution in [3.8, 4) is 0 Å². The van der Waals surface area contributed by atoms with E-state index in [0.29, 0.717) is 0 Å². The van der Waals surface area contributed by atoms with Gasteiger partial charge in [0.25, 0.3) is 0 Å². The molecule has 13 heavy (non-hydrogen) atoms. The van der Waals surface area contributed by atoms with Crippen LogP contribution in [0.2, 0.25) is 0 Å². The molecule has 0 saturated carbocycles. The van der Waals surface area contributed by atoms with E-state index in [1.807, 2.05) is 0 Å². The third-order valence-electron chi connectivity index (χ3n) is 2.26. The molecule has 4 heteroatoms. The van der Waals surface area contributed by atoms with Crippen molar-refractivity contribution in [2.45, 2.75) is 34.3 Å². The minimum absolute atomic E-state index is 0.0778. The molecule has 0 bridgehead atoms. The molecule has 0 radical (unpaired) electrons. The Kier molecular flexibility index (Phi) is 4.91. The minimum atomic E-state index is -1.16. The highest BCUT2D eigenvalue weighted by Gasteiger charge is 2.36. The van der Waals surface area contributed by atoms with Crippen molar-refractivity contribution in [3.63, 3.8) is 0 Å². The predicted molar refractivity (Wildman–Crippen MR) is 64.1 cm³/mol. The van der Waals surface area contributed by atoms with Gasteiger partial charge in [0.2, 0.25) is 0 Å². The standard InChI is InChI=1S/C9H12BrCl3/c10-8-6-4-2-1-3-5-7(8)9(11,12)13/h4,6-8H,1-3,5H2/b6-4-. The molecule has 0 heterocycles. The van der Waals surface area contributed by atoms with Crippen LogP contribution in [0.3, 0.4) is 0 Å². The summed E-state index contributed by atoms with van der Waals surface area (Å²) in [6.07, 6.45) is 8.66. The fourth-order valence-corrected chi connectivity index (χ4v) is 3.56. The number of halogens is 4. The lowest BCUT2D eigenvalue weighted by atomic mass is 9.96. The van der Waals surface area contributed by atoms with Gasteiger partial charge in [0.15, 0.2) is 3.79 Å². The van der Waals surface area contributed by atoms with Gasteiger partial charge in [-0.1, -0.05) is 69.3 Å². The Morgan fingerprint density at radius 3 is 2.54 bits per heavy atom. The Balaban J connectivity index is 2.69. The Bertz CT molecular complexity index is 186. The lowest BCUT2D eigenvalue weighted by Gasteiger charge is -2.28. The fourth-order valence-electron chi connectivity index (χ4n) is 1.49. The van der Waals surface area contributed by atoms with Crippen LogP contribution in [-0.4, -0.2) is 8.62 Å². The van der Waals surface area contributed by atoms with Crippen molar-refractivity contribution in [1.29, 1.82) is 0 Å². The van der Waals surface area contributed by atoms with E-state index in [0.717, 1.165) is 19.3 Å². The molecule has 0 aromatic rings. The molecule has 2 unspecified atom stereocenters. The lowest BCUT2D eigenvalue weighted by Crippen LogP contribution is -2.27. The maximum Gasteiger partial charge on any atom is 0.194 e. The third-order valence-corrected chi connectivity index (χ3v) is 4.04. The summed E-state index contributed by atoms with van der Waals surface area (Å²) in [4.78, 5) is 0.181. The van der Waals surface area contributed by atoms with Gasteiger partial charge >= 0.3 is 0 Å². The van der Waals surface area contributed by atoms with E-state index in [-0.39, 0.29) is 10.7 Å². The second kappa shape index (κ2) is 5.25. The van der Waals surface area contributed by atoms with Crippen LogP contribution in [0.15, 0.2) is 12.2 Å². The van der Waals surface area contributed by atoms with Gasteiger partial charge in [0.05, 0.1) is 0 Å². The largest absolute Gasteiger partial charge is 0.194 e. The summed E-state index contributed by atoms with van der Waals surface area (Å²) in [5.41, 5.74) is 0. The molecule has 0 aliphatic heterocycles. The average molecular weight is 306 g/mol. The van der Waals surface area contributed by atoms with Gasteiger partial charge in [-0.05, 0) is 19.3 Å². The molecular weight excluding hydrogens is 294 g/mol. The van der Waals surface area contributed by atoms with Gasteiger partial charge in [-0.15, -0.1) is 0 Å². The summed E-state index contributed by atoms with van der Waals surface area (Å²) < 4.78 is -1.16. The maximum atomic E-state index is 5.90. The topological polar surface area (TPSA) is 0 Å². The quantitative estimate of drug-likeness (QED) is 0.442. The minimum Gasteiger partial charge on any atom is -0.0874 e. The Hall–Kier alpha value is 1.09. The first kappa shape index (κ1) is 12.2. The molecule has 0 spiro atoms. The molecule has 2 atom stereocenters. The number of alkyl halides is 4. The SMILES string of the molecule is ClC(Cl)(Cl)C1CCCC/C=C\C1Br. The van der Waals surface area contributed by atoms with E-state index in [4.69, 9.17) is 34.8 Å². The molecule has 1 aliphatic carbocycles. The van der Waals surface area contributed by atoms with Gasteiger partial charge in [-0.25, -0.2) is 0 Å². The highest BCUT2D eigenvalue weighted by Crippen LogP contribution is 2.43. The zero-order valence-corrected chi connectivity index (χ0v) is 11.0.